The van der Waals surface area contributed by atoms with E-state index in [0.29, 0.717) is 32.0 Å². The van der Waals surface area contributed by atoms with Crippen LogP contribution in [0.25, 0.3) is 11.3 Å². The van der Waals surface area contributed by atoms with Gasteiger partial charge in [0.25, 0.3) is 0 Å². The molecule has 1 aliphatic heterocycles. The second-order valence-corrected chi connectivity index (χ2v) is 8.19. The third-order valence-corrected chi connectivity index (χ3v) is 6.19. The van der Waals surface area contributed by atoms with Gasteiger partial charge < -0.3 is 9.80 Å². The Bertz CT molecular complexity index is 873. The Balaban J connectivity index is 1.43. The average Bonchev–Trinajstić information content (AvgIpc) is 3.41. The van der Waals surface area contributed by atoms with Gasteiger partial charge in [-0.2, -0.15) is 5.10 Å². The van der Waals surface area contributed by atoms with Gasteiger partial charge in [-0.25, -0.2) is 4.39 Å². The molecule has 7 heteroatoms. The van der Waals surface area contributed by atoms with Gasteiger partial charge in [-0.15, -0.1) is 0 Å². The maximum atomic E-state index is 13.2. The maximum Gasteiger partial charge on any atom is 0.227 e. The van der Waals surface area contributed by atoms with Crippen molar-refractivity contribution in [1.29, 1.82) is 0 Å². The number of hydrogen-bond acceptors (Lipinski definition) is 3. The Labute approximate surface area is 170 Å². The van der Waals surface area contributed by atoms with Gasteiger partial charge in [0.2, 0.25) is 11.8 Å². The number of benzene rings is 1. The van der Waals surface area contributed by atoms with Crippen molar-refractivity contribution in [3.8, 4) is 11.3 Å². The monoisotopic (exact) mass is 398 g/mol. The topological polar surface area (TPSA) is 69.3 Å². The predicted octanol–water partition coefficient (Wildman–Crippen LogP) is 3.36. The van der Waals surface area contributed by atoms with Crippen molar-refractivity contribution in [3.05, 3.63) is 41.8 Å². The standard InChI is InChI=1S/C22H27FN4O2/c1-26(13-17-12-24-25-21(17)15-6-9-18(23)10-7-15)22(29)16-8-11-20(28)27(14-16)19-4-2-3-5-19/h6-7,9-10,12,16,19H,2-5,8,11,13-14H2,1H3,(H,24,25). The lowest BCUT2D eigenvalue weighted by Crippen LogP contribution is -2.49. The molecule has 2 amide bonds. The highest BCUT2D eigenvalue weighted by Crippen LogP contribution is 2.30. The molecule has 1 atom stereocenters. The second-order valence-electron chi connectivity index (χ2n) is 8.19. The lowest BCUT2D eigenvalue weighted by molar-refractivity contribution is -0.144. The van der Waals surface area contributed by atoms with Gasteiger partial charge in [0, 0.05) is 43.7 Å². The van der Waals surface area contributed by atoms with Crippen molar-refractivity contribution in [3.63, 3.8) is 0 Å². The molecule has 154 valence electrons. The molecule has 1 aliphatic carbocycles. The highest BCUT2D eigenvalue weighted by atomic mass is 19.1. The number of hydrogen-bond donors (Lipinski definition) is 1. The van der Waals surface area contributed by atoms with E-state index in [1.54, 1.807) is 30.3 Å². The summed E-state index contributed by atoms with van der Waals surface area (Å²) in [6, 6.07) is 6.51. The van der Waals surface area contributed by atoms with E-state index in [4.69, 9.17) is 0 Å². The van der Waals surface area contributed by atoms with E-state index in [2.05, 4.69) is 10.2 Å². The number of rotatable bonds is 5. The summed E-state index contributed by atoms with van der Waals surface area (Å²) >= 11 is 0. The van der Waals surface area contributed by atoms with Crippen molar-refractivity contribution in [2.24, 2.45) is 5.92 Å². The molecule has 1 aromatic heterocycles. The van der Waals surface area contributed by atoms with Crippen LogP contribution in [0.5, 0.6) is 0 Å². The number of likely N-dealkylation sites (tertiary alicyclic amines) is 1. The summed E-state index contributed by atoms with van der Waals surface area (Å²) in [5.74, 6) is -0.191. The van der Waals surface area contributed by atoms with E-state index in [0.717, 1.165) is 29.7 Å². The van der Waals surface area contributed by atoms with Crippen LogP contribution in [0.2, 0.25) is 0 Å². The van der Waals surface area contributed by atoms with Crippen LogP contribution in [0.15, 0.2) is 30.5 Å². The molecule has 1 N–H and O–H groups in total. The summed E-state index contributed by atoms with van der Waals surface area (Å²) in [5.41, 5.74) is 2.50. The highest BCUT2D eigenvalue weighted by molar-refractivity contribution is 5.84. The van der Waals surface area contributed by atoms with E-state index < -0.39 is 0 Å². The number of carbonyl (C=O) groups excluding carboxylic acids is 2. The lowest BCUT2D eigenvalue weighted by Gasteiger charge is -2.37. The SMILES string of the molecule is CN(Cc1cn[nH]c1-c1ccc(F)cc1)C(=O)C1CCC(=O)N(C2CCCC2)C1. The van der Waals surface area contributed by atoms with E-state index in [1.165, 1.54) is 25.0 Å². The first-order valence-corrected chi connectivity index (χ1v) is 10.4. The number of aromatic amines is 1. The molecule has 1 unspecified atom stereocenters. The minimum Gasteiger partial charge on any atom is -0.341 e. The summed E-state index contributed by atoms with van der Waals surface area (Å²) in [5, 5.41) is 7.06. The Morgan fingerprint density at radius 1 is 1.24 bits per heavy atom. The molecule has 2 aromatic rings. The fourth-order valence-corrected chi connectivity index (χ4v) is 4.58. The predicted molar refractivity (Wildman–Crippen MR) is 107 cm³/mol. The van der Waals surface area contributed by atoms with Gasteiger partial charge in [-0.3, -0.25) is 14.7 Å². The molecule has 1 saturated carbocycles. The third kappa shape index (κ3) is 4.18. The number of halogens is 1. The lowest BCUT2D eigenvalue weighted by atomic mass is 9.94. The second kappa shape index (κ2) is 8.35. The van der Waals surface area contributed by atoms with E-state index >= 15 is 0 Å². The van der Waals surface area contributed by atoms with Crippen LogP contribution in [-0.4, -0.2) is 51.4 Å². The van der Waals surface area contributed by atoms with Gasteiger partial charge in [0.05, 0.1) is 17.8 Å². The fourth-order valence-electron chi connectivity index (χ4n) is 4.58. The van der Waals surface area contributed by atoms with Crippen LogP contribution < -0.4 is 0 Å². The number of aromatic nitrogens is 2. The largest absolute Gasteiger partial charge is 0.341 e. The molecule has 29 heavy (non-hydrogen) atoms. The van der Waals surface area contributed by atoms with Crippen LogP contribution in [0.4, 0.5) is 4.39 Å². The summed E-state index contributed by atoms with van der Waals surface area (Å²) in [4.78, 5) is 29.1. The first kappa shape index (κ1) is 19.6. The molecule has 6 nitrogen and oxygen atoms in total. The Hall–Kier alpha value is -2.70. The van der Waals surface area contributed by atoms with E-state index in [9.17, 15) is 14.0 Å². The van der Waals surface area contributed by atoms with Crippen LogP contribution >= 0.6 is 0 Å². The molecule has 1 aromatic carbocycles. The zero-order valence-electron chi connectivity index (χ0n) is 16.7. The number of nitrogens with one attached hydrogen (secondary N) is 1. The van der Waals surface area contributed by atoms with Crippen LogP contribution in [-0.2, 0) is 16.1 Å². The van der Waals surface area contributed by atoms with E-state index in [-0.39, 0.29) is 23.5 Å². The van der Waals surface area contributed by atoms with Crippen LogP contribution in [0.3, 0.4) is 0 Å². The summed E-state index contributed by atoms with van der Waals surface area (Å²) in [6.45, 7) is 0.943. The molecule has 0 radical (unpaired) electrons. The molecular formula is C22H27FN4O2. The Morgan fingerprint density at radius 2 is 1.97 bits per heavy atom. The van der Waals surface area contributed by atoms with Gasteiger partial charge in [0.15, 0.2) is 0 Å². The number of amides is 2. The van der Waals surface area contributed by atoms with Crippen molar-refractivity contribution in [1.82, 2.24) is 20.0 Å². The van der Waals surface area contributed by atoms with E-state index in [1.807, 2.05) is 4.90 Å². The number of H-pyrrole nitrogens is 1. The van der Waals surface area contributed by atoms with Gasteiger partial charge in [-0.05, 0) is 43.5 Å². The van der Waals surface area contributed by atoms with Crippen molar-refractivity contribution in [2.75, 3.05) is 13.6 Å². The number of carbonyl (C=O) groups is 2. The smallest absolute Gasteiger partial charge is 0.227 e. The number of nitrogens with zero attached hydrogens (tertiary/aromatic N) is 3. The minimum atomic E-state index is -0.291. The molecule has 4 rings (SSSR count). The summed E-state index contributed by atoms with van der Waals surface area (Å²) in [7, 11) is 1.79. The molecule has 1 saturated heterocycles. The molecular weight excluding hydrogens is 371 g/mol. The average molecular weight is 398 g/mol. The summed E-state index contributed by atoms with van der Waals surface area (Å²) < 4.78 is 13.2. The quantitative estimate of drug-likeness (QED) is 0.840. The van der Waals surface area contributed by atoms with Crippen LogP contribution in [0, 0.1) is 11.7 Å². The van der Waals surface area contributed by atoms with Gasteiger partial charge >= 0.3 is 0 Å². The fraction of sp³-hybridized carbons (Fsp3) is 0.500. The zero-order valence-corrected chi connectivity index (χ0v) is 16.7. The summed E-state index contributed by atoms with van der Waals surface area (Å²) in [6.07, 6.45) is 7.21. The Morgan fingerprint density at radius 3 is 2.69 bits per heavy atom. The van der Waals surface area contributed by atoms with Crippen molar-refractivity contribution < 1.29 is 14.0 Å². The molecule has 2 aliphatic rings. The number of piperidine rings is 1. The van der Waals surface area contributed by atoms with Crippen molar-refractivity contribution >= 4 is 11.8 Å². The highest BCUT2D eigenvalue weighted by Gasteiger charge is 2.36. The Kier molecular flexibility index (Phi) is 5.65. The molecule has 0 spiro atoms. The molecule has 0 bridgehead atoms. The first-order chi connectivity index (χ1) is 14.0. The van der Waals surface area contributed by atoms with Gasteiger partial charge in [-0.1, -0.05) is 12.8 Å². The molecule has 2 heterocycles. The minimum absolute atomic E-state index is 0.0618. The normalized spacial score (nSPS) is 20.3. The van der Waals surface area contributed by atoms with Crippen molar-refractivity contribution in [2.45, 2.75) is 51.1 Å². The first-order valence-electron chi connectivity index (χ1n) is 10.4. The van der Waals surface area contributed by atoms with Gasteiger partial charge in [0.1, 0.15) is 5.82 Å². The zero-order chi connectivity index (χ0) is 20.4. The third-order valence-electron chi connectivity index (χ3n) is 6.19. The molecule has 2 fully saturated rings. The maximum absolute atomic E-state index is 13.2. The van der Waals surface area contributed by atoms with Crippen LogP contribution in [0.1, 0.15) is 44.1 Å².